The number of carboxylic acid groups (broad SMARTS) is 1. The minimum absolute atomic E-state index is 0.0474. The number of carbonyl (C=O) groups excluding carboxylic acids is 1. The molecule has 8 heteroatoms. The van der Waals surface area contributed by atoms with E-state index in [0.717, 1.165) is 67.3 Å². The fourth-order valence-electron chi connectivity index (χ4n) is 6.40. The highest BCUT2D eigenvalue weighted by molar-refractivity contribution is 7.15. The third kappa shape index (κ3) is 6.66. The molecule has 1 N–H and O–H groups in total. The molecular weight excluding hydrogens is 570 g/mol. The van der Waals surface area contributed by atoms with Crippen LogP contribution in [0, 0.1) is 13.8 Å². The summed E-state index contributed by atoms with van der Waals surface area (Å²) in [6.45, 7) is 6.27. The van der Waals surface area contributed by atoms with Gasteiger partial charge in [-0.25, -0.2) is 14.8 Å². The van der Waals surface area contributed by atoms with Gasteiger partial charge in [0.25, 0.3) is 0 Å². The smallest absolute Gasteiger partial charge is 0.328 e. The molecule has 2 aliphatic rings. The van der Waals surface area contributed by atoms with Crippen molar-refractivity contribution >= 4 is 46.3 Å². The molecular formula is C36H37N3O4S. The van der Waals surface area contributed by atoms with Crippen LogP contribution in [-0.2, 0) is 14.3 Å². The fourth-order valence-corrected chi connectivity index (χ4v) is 7.29. The van der Waals surface area contributed by atoms with Crippen LogP contribution < -0.4 is 0 Å². The maximum absolute atomic E-state index is 13.1. The van der Waals surface area contributed by atoms with Crippen LogP contribution in [0.25, 0.3) is 44.8 Å². The van der Waals surface area contributed by atoms with E-state index in [9.17, 15) is 14.7 Å². The van der Waals surface area contributed by atoms with Crippen molar-refractivity contribution in [2.45, 2.75) is 51.9 Å². The molecule has 2 aromatic carbocycles. The number of rotatable bonds is 7. The van der Waals surface area contributed by atoms with E-state index in [1.54, 1.807) is 23.5 Å². The normalized spacial score (nSPS) is 16.4. The molecule has 0 spiro atoms. The number of amides is 1. The maximum atomic E-state index is 13.1. The first-order valence-electron chi connectivity index (χ1n) is 15.3. The topological polar surface area (TPSA) is 92.6 Å². The first kappa shape index (κ1) is 29.9. The van der Waals surface area contributed by atoms with Crippen molar-refractivity contribution in [2.75, 3.05) is 26.3 Å². The molecule has 7 nitrogen and oxygen atoms in total. The molecule has 1 amide bonds. The standard InChI is InChI=1S/C36H37N3O4S/c1-23-36(44-24(2)37-23)32-13-9-27-22-29(10-12-31(27)38-32)35-28(11-14-33(40)39-16-18-43-19-17-39)20-25(8-15-34(41)42)21-30(35)26-6-4-3-5-7-26/h8-15,20-22,26H,3-7,16-19H2,1-2H3,(H,41,42). The van der Waals surface area contributed by atoms with Crippen LogP contribution in [0.5, 0.6) is 0 Å². The molecule has 1 saturated heterocycles. The van der Waals surface area contributed by atoms with Gasteiger partial charge in [0, 0.05) is 30.6 Å². The van der Waals surface area contributed by atoms with E-state index in [1.807, 2.05) is 30.9 Å². The van der Waals surface area contributed by atoms with E-state index in [4.69, 9.17) is 9.72 Å². The molecule has 1 aliphatic carbocycles. The fraction of sp³-hybridized carbons (Fsp3) is 0.333. The average molecular weight is 608 g/mol. The summed E-state index contributed by atoms with van der Waals surface area (Å²) in [6.07, 6.45) is 12.1. The summed E-state index contributed by atoms with van der Waals surface area (Å²) in [4.78, 5) is 37.0. The molecule has 6 rings (SSSR count). The summed E-state index contributed by atoms with van der Waals surface area (Å²) in [5, 5.41) is 11.4. The minimum atomic E-state index is -0.988. The number of nitrogens with zero attached hydrogens (tertiary/aromatic N) is 3. The highest BCUT2D eigenvalue weighted by atomic mass is 32.1. The van der Waals surface area contributed by atoms with Crippen molar-refractivity contribution in [3.63, 3.8) is 0 Å². The number of carboxylic acids is 1. The number of fused-ring (bicyclic) bond motifs is 1. The van der Waals surface area contributed by atoms with Crippen LogP contribution in [0.4, 0.5) is 0 Å². The second kappa shape index (κ2) is 13.2. The summed E-state index contributed by atoms with van der Waals surface area (Å²) < 4.78 is 5.43. The molecule has 2 aromatic heterocycles. The van der Waals surface area contributed by atoms with E-state index in [-0.39, 0.29) is 5.91 Å². The number of aryl methyl sites for hydroxylation is 2. The van der Waals surface area contributed by atoms with E-state index >= 15 is 0 Å². The lowest BCUT2D eigenvalue weighted by Gasteiger charge is -2.27. The quantitative estimate of drug-likeness (QED) is 0.217. The predicted octanol–water partition coefficient (Wildman–Crippen LogP) is 7.66. The number of benzene rings is 2. The Balaban J connectivity index is 1.47. The third-order valence-corrected chi connectivity index (χ3v) is 9.62. The van der Waals surface area contributed by atoms with Gasteiger partial charge in [-0.1, -0.05) is 37.5 Å². The van der Waals surface area contributed by atoms with Gasteiger partial charge in [0.05, 0.1) is 40.0 Å². The number of pyridine rings is 1. The first-order valence-corrected chi connectivity index (χ1v) is 16.2. The number of carbonyl (C=O) groups is 2. The van der Waals surface area contributed by atoms with Crippen LogP contribution in [0.15, 0.2) is 54.6 Å². The summed E-state index contributed by atoms with van der Waals surface area (Å²) in [6, 6.07) is 14.7. The van der Waals surface area contributed by atoms with Crippen molar-refractivity contribution < 1.29 is 19.4 Å². The van der Waals surface area contributed by atoms with Crippen LogP contribution >= 0.6 is 11.3 Å². The van der Waals surface area contributed by atoms with Gasteiger partial charge in [-0.15, -0.1) is 11.3 Å². The molecule has 1 saturated carbocycles. The Labute approximate surface area is 261 Å². The number of ether oxygens (including phenoxy) is 1. The molecule has 0 atom stereocenters. The SMILES string of the molecule is Cc1nc(C)c(-c2ccc3cc(-c4c(C=CC(=O)N5CCOCC5)cc(C=CC(=O)O)cc4C4CCCCC4)ccc3n2)s1. The highest BCUT2D eigenvalue weighted by Gasteiger charge is 2.23. The third-order valence-electron chi connectivity index (χ3n) is 8.53. The second-order valence-corrected chi connectivity index (χ2v) is 12.8. The molecule has 1 aliphatic heterocycles. The lowest BCUT2D eigenvalue weighted by Crippen LogP contribution is -2.39. The van der Waals surface area contributed by atoms with E-state index in [1.165, 1.54) is 30.9 Å². The molecule has 0 unspecified atom stereocenters. The van der Waals surface area contributed by atoms with E-state index < -0.39 is 5.97 Å². The Morgan fingerprint density at radius 2 is 1.75 bits per heavy atom. The number of thiazole rings is 1. The van der Waals surface area contributed by atoms with Crippen molar-refractivity contribution in [3.05, 3.63) is 82.0 Å². The van der Waals surface area contributed by atoms with Crippen LogP contribution in [0.2, 0.25) is 0 Å². The predicted molar refractivity (Wildman–Crippen MR) is 177 cm³/mol. The van der Waals surface area contributed by atoms with Crippen molar-refractivity contribution in [1.82, 2.24) is 14.9 Å². The van der Waals surface area contributed by atoms with Crippen molar-refractivity contribution in [1.29, 1.82) is 0 Å². The van der Waals surface area contributed by atoms with E-state index in [2.05, 4.69) is 41.4 Å². The molecule has 44 heavy (non-hydrogen) atoms. The van der Waals surface area contributed by atoms with Gasteiger partial charge in [-0.05, 0) is 96.8 Å². The zero-order valence-electron chi connectivity index (χ0n) is 25.2. The van der Waals surface area contributed by atoms with Gasteiger partial charge in [0.1, 0.15) is 0 Å². The molecule has 2 fully saturated rings. The molecule has 226 valence electrons. The second-order valence-electron chi connectivity index (χ2n) is 11.6. The van der Waals surface area contributed by atoms with Crippen molar-refractivity contribution in [3.8, 4) is 21.7 Å². The van der Waals surface area contributed by atoms with Gasteiger partial charge in [0.2, 0.25) is 5.91 Å². The summed E-state index contributed by atoms with van der Waals surface area (Å²) in [7, 11) is 0. The van der Waals surface area contributed by atoms with Gasteiger partial charge in [0.15, 0.2) is 0 Å². The van der Waals surface area contributed by atoms with Crippen LogP contribution in [-0.4, -0.2) is 58.2 Å². The Morgan fingerprint density at radius 3 is 2.48 bits per heavy atom. The minimum Gasteiger partial charge on any atom is -0.478 e. The first-order chi connectivity index (χ1) is 21.4. The highest BCUT2D eigenvalue weighted by Crippen LogP contribution is 2.42. The lowest BCUT2D eigenvalue weighted by atomic mass is 9.78. The van der Waals surface area contributed by atoms with Gasteiger partial charge >= 0.3 is 5.97 Å². The largest absolute Gasteiger partial charge is 0.478 e. The monoisotopic (exact) mass is 607 g/mol. The molecule has 0 bridgehead atoms. The number of aromatic nitrogens is 2. The summed E-state index contributed by atoms with van der Waals surface area (Å²) in [5.74, 6) is -0.681. The maximum Gasteiger partial charge on any atom is 0.328 e. The molecule has 3 heterocycles. The lowest BCUT2D eigenvalue weighted by molar-refractivity contribution is -0.131. The molecule has 4 aromatic rings. The van der Waals surface area contributed by atoms with Gasteiger partial charge in [-0.3, -0.25) is 4.79 Å². The van der Waals surface area contributed by atoms with Crippen molar-refractivity contribution in [2.24, 2.45) is 0 Å². The van der Waals surface area contributed by atoms with Gasteiger partial charge in [-0.2, -0.15) is 0 Å². The number of aliphatic carboxylic acids is 1. The zero-order valence-corrected chi connectivity index (χ0v) is 26.0. The van der Waals surface area contributed by atoms with Crippen LogP contribution in [0.3, 0.4) is 0 Å². The Kier molecular flexibility index (Phi) is 9.00. The average Bonchev–Trinajstić information content (AvgIpc) is 3.39. The number of morpholine rings is 1. The Morgan fingerprint density at radius 1 is 0.955 bits per heavy atom. The Hall–Kier alpha value is -4.14. The Bertz CT molecular complexity index is 1760. The molecule has 0 radical (unpaired) electrons. The summed E-state index contributed by atoms with van der Waals surface area (Å²) in [5.41, 5.74) is 7.91. The zero-order chi connectivity index (χ0) is 30.6. The van der Waals surface area contributed by atoms with Gasteiger partial charge < -0.3 is 14.7 Å². The van der Waals surface area contributed by atoms with E-state index in [0.29, 0.717) is 32.2 Å². The number of hydrogen-bond acceptors (Lipinski definition) is 6. The number of hydrogen-bond donors (Lipinski definition) is 1. The van der Waals surface area contributed by atoms with Crippen LogP contribution in [0.1, 0.15) is 65.4 Å². The summed E-state index contributed by atoms with van der Waals surface area (Å²) >= 11 is 1.66.